The van der Waals surface area contributed by atoms with Gasteiger partial charge in [0.15, 0.2) is 0 Å². The number of hydrogen-bond acceptors (Lipinski definition) is 2. The van der Waals surface area contributed by atoms with Gasteiger partial charge in [-0.1, -0.05) is 12.8 Å². The summed E-state index contributed by atoms with van der Waals surface area (Å²) in [6.07, 6.45) is 7.11. The normalized spacial score (nSPS) is 18.4. The van der Waals surface area contributed by atoms with Gasteiger partial charge in [0.2, 0.25) is 0 Å². The van der Waals surface area contributed by atoms with Crippen LogP contribution in [0.5, 0.6) is 0 Å². The molecule has 0 N–H and O–H groups in total. The third kappa shape index (κ3) is 1.33. The molecule has 0 aliphatic heterocycles. The Kier molecular flexibility index (Phi) is 2.07. The number of nitrogens with zero attached hydrogens (tertiary/aromatic N) is 2. The fraction of sp³-hybridized carbons (Fsp3) is 0.600. The number of hydrogen-bond donors (Lipinski definition) is 0. The van der Waals surface area contributed by atoms with Gasteiger partial charge in [-0.15, -0.1) is 0 Å². The van der Waals surface area contributed by atoms with Crippen molar-refractivity contribution in [3.63, 3.8) is 0 Å². The third-order valence-electron chi connectivity index (χ3n) is 2.70. The van der Waals surface area contributed by atoms with Crippen LogP contribution in [0.25, 0.3) is 0 Å². The van der Waals surface area contributed by atoms with E-state index in [-0.39, 0.29) is 0 Å². The van der Waals surface area contributed by atoms with Crippen LogP contribution in [-0.4, -0.2) is 10.2 Å². The topological polar surface area (TPSA) is 25.8 Å². The first kappa shape index (κ1) is 7.71. The van der Waals surface area contributed by atoms with Crippen LogP contribution in [0.2, 0.25) is 0 Å². The molecule has 0 aromatic carbocycles. The van der Waals surface area contributed by atoms with E-state index in [4.69, 9.17) is 0 Å². The zero-order valence-corrected chi connectivity index (χ0v) is 7.45. The van der Waals surface area contributed by atoms with Crippen LogP contribution in [0.1, 0.15) is 42.9 Å². The van der Waals surface area contributed by atoms with E-state index in [2.05, 4.69) is 23.2 Å². The molecule has 0 saturated heterocycles. The molecular weight excluding hydrogens is 148 g/mol. The first-order valence-corrected chi connectivity index (χ1v) is 4.66. The van der Waals surface area contributed by atoms with E-state index in [1.54, 1.807) is 6.20 Å². The van der Waals surface area contributed by atoms with E-state index in [9.17, 15) is 0 Å². The van der Waals surface area contributed by atoms with Gasteiger partial charge in [0.05, 0.1) is 5.69 Å². The minimum Gasteiger partial charge on any atom is -0.159 e. The lowest BCUT2D eigenvalue weighted by atomic mass is 10.0. The van der Waals surface area contributed by atoms with Gasteiger partial charge in [-0.2, -0.15) is 10.2 Å². The lowest BCUT2D eigenvalue weighted by Gasteiger charge is -2.09. The Labute approximate surface area is 73.0 Å². The van der Waals surface area contributed by atoms with Gasteiger partial charge in [-0.05, 0) is 31.4 Å². The van der Waals surface area contributed by atoms with Gasteiger partial charge in [-0.3, -0.25) is 0 Å². The molecule has 1 saturated carbocycles. The maximum Gasteiger partial charge on any atom is 0.0691 e. The molecule has 2 nitrogen and oxygen atoms in total. The van der Waals surface area contributed by atoms with E-state index in [1.165, 1.54) is 36.9 Å². The summed E-state index contributed by atoms with van der Waals surface area (Å²) in [5.41, 5.74) is 2.53. The molecule has 1 aromatic rings. The Morgan fingerprint density at radius 3 is 2.75 bits per heavy atom. The zero-order chi connectivity index (χ0) is 8.39. The van der Waals surface area contributed by atoms with Crippen molar-refractivity contribution in [2.75, 3.05) is 0 Å². The molecule has 0 unspecified atom stereocenters. The molecule has 1 heterocycles. The summed E-state index contributed by atoms with van der Waals surface area (Å²) in [5, 5.41) is 8.15. The van der Waals surface area contributed by atoms with Gasteiger partial charge < -0.3 is 0 Å². The van der Waals surface area contributed by atoms with E-state index in [0.29, 0.717) is 5.92 Å². The summed E-state index contributed by atoms with van der Waals surface area (Å²) < 4.78 is 0. The quantitative estimate of drug-likeness (QED) is 0.633. The monoisotopic (exact) mass is 162 g/mol. The molecule has 0 amide bonds. The molecule has 1 fully saturated rings. The maximum absolute atomic E-state index is 4.21. The number of aromatic nitrogens is 2. The average Bonchev–Trinajstić information content (AvgIpc) is 2.57. The smallest absolute Gasteiger partial charge is 0.0691 e. The Bertz CT molecular complexity index is 264. The molecule has 0 spiro atoms. The van der Waals surface area contributed by atoms with E-state index >= 15 is 0 Å². The summed E-state index contributed by atoms with van der Waals surface area (Å²) in [6.45, 7) is 2.13. The Balaban J connectivity index is 2.26. The van der Waals surface area contributed by atoms with Crippen molar-refractivity contribution in [1.82, 2.24) is 10.2 Å². The Morgan fingerprint density at radius 2 is 2.08 bits per heavy atom. The van der Waals surface area contributed by atoms with Gasteiger partial charge >= 0.3 is 0 Å². The first-order chi connectivity index (χ1) is 5.88. The van der Waals surface area contributed by atoms with Crippen molar-refractivity contribution in [1.29, 1.82) is 0 Å². The number of aryl methyl sites for hydroxylation is 1. The van der Waals surface area contributed by atoms with E-state index < -0.39 is 0 Å². The average molecular weight is 162 g/mol. The van der Waals surface area contributed by atoms with Crippen molar-refractivity contribution in [3.8, 4) is 0 Å². The second-order valence-electron chi connectivity index (χ2n) is 3.58. The predicted molar refractivity (Wildman–Crippen MR) is 48.0 cm³/mol. The molecular formula is C10H14N2. The predicted octanol–water partition coefficient (Wildman–Crippen LogP) is 2.44. The van der Waals surface area contributed by atoms with Crippen molar-refractivity contribution in [2.24, 2.45) is 0 Å². The molecule has 0 radical (unpaired) electrons. The molecule has 2 heteroatoms. The lowest BCUT2D eigenvalue weighted by molar-refractivity contribution is 0.673. The van der Waals surface area contributed by atoms with Crippen molar-refractivity contribution >= 4 is 0 Å². The summed E-state index contributed by atoms with van der Waals surface area (Å²) in [4.78, 5) is 0. The van der Waals surface area contributed by atoms with Crippen molar-refractivity contribution in [3.05, 3.63) is 23.5 Å². The second-order valence-corrected chi connectivity index (χ2v) is 3.58. The minimum absolute atomic E-state index is 0.693. The largest absolute Gasteiger partial charge is 0.159 e. The van der Waals surface area contributed by atoms with Crippen LogP contribution in [0.3, 0.4) is 0 Å². The molecule has 0 bridgehead atoms. The van der Waals surface area contributed by atoms with Crippen LogP contribution in [-0.2, 0) is 0 Å². The first-order valence-electron chi connectivity index (χ1n) is 4.66. The second kappa shape index (κ2) is 3.21. The van der Waals surface area contributed by atoms with Crippen LogP contribution in [0, 0.1) is 6.92 Å². The highest BCUT2D eigenvalue weighted by molar-refractivity contribution is 5.19. The molecule has 2 rings (SSSR count). The Morgan fingerprint density at radius 1 is 1.33 bits per heavy atom. The van der Waals surface area contributed by atoms with E-state index in [1.807, 2.05) is 0 Å². The molecule has 1 aliphatic carbocycles. The summed E-state index contributed by atoms with van der Waals surface area (Å²) in [6, 6.07) is 2.06. The van der Waals surface area contributed by atoms with Gasteiger partial charge in [0.25, 0.3) is 0 Å². The highest BCUT2D eigenvalue weighted by atomic mass is 15.1. The third-order valence-corrected chi connectivity index (χ3v) is 2.70. The fourth-order valence-electron chi connectivity index (χ4n) is 2.01. The standard InChI is InChI=1S/C10H14N2/c1-8-6-7-11-12-10(8)9-4-2-3-5-9/h6-7,9H,2-5H2,1H3. The van der Waals surface area contributed by atoms with Crippen molar-refractivity contribution in [2.45, 2.75) is 38.5 Å². The molecule has 64 valence electrons. The Hall–Kier alpha value is -0.920. The van der Waals surface area contributed by atoms with Gasteiger partial charge in [0.1, 0.15) is 0 Å². The summed E-state index contributed by atoms with van der Waals surface area (Å²) >= 11 is 0. The minimum atomic E-state index is 0.693. The maximum atomic E-state index is 4.21. The van der Waals surface area contributed by atoms with E-state index in [0.717, 1.165) is 0 Å². The molecule has 12 heavy (non-hydrogen) atoms. The highest BCUT2D eigenvalue weighted by Gasteiger charge is 2.19. The lowest BCUT2D eigenvalue weighted by Crippen LogP contribution is -2.00. The SMILES string of the molecule is Cc1ccnnc1C1CCCC1. The van der Waals surface area contributed by atoms with Crippen LogP contribution in [0.15, 0.2) is 12.3 Å². The van der Waals surface area contributed by atoms with Crippen LogP contribution in [0.4, 0.5) is 0 Å². The van der Waals surface area contributed by atoms with Crippen molar-refractivity contribution < 1.29 is 0 Å². The van der Waals surface area contributed by atoms with Crippen LogP contribution < -0.4 is 0 Å². The van der Waals surface area contributed by atoms with Gasteiger partial charge in [0, 0.05) is 12.1 Å². The highest BCUT2D eigenvalue weighted by Crippen LogP contribution is 2.33. The fourth-order valence-corrected chi connectivity index (χ4v) is 2.01. The van der Waals surface area contributed by atoms with Gasteiger partial charge in [-0.25, -0.2) is 0 Å². The molecule has 0 atom stereocenters. The number of rotatable bonds is 1. The molecule has 1 aromatic heterocycles. The summed E-state index contributed by atoms with van der Waals surface area (Å²) in [5.74, 6) is 0.693. The zero-order valence-electron chi connectivity index (χ0n) is 7.45. The van der Waals surface area contributed by atoms with Crippen LogP contribution >= 0.6 is 0 Å². The summed E-state index contributed by atoms with van der Waals surface area (Å²) in [7, 11) is 0. The molecule has 1 aliphatic rings.